The average molecular weight is 241 g/mol. The van der Waals surface area contributed by atoms with Crippen LogP contribution in [0.5, 0.6) is 0 Å². The predicted molar refractivity (Wildman–Crippen MR) is 60.4 cm³/mol. The van der Waals surface area contributed by atoms with E-state index in [9.17, 15) is 4.79 Å². The molecule has 1 aromatic rings. The number of hydrogen-bond donors (Lipinski definition) is 1. The zero-order valence-corrected chi connectivity index (χ0v) is 9.74. The topological polar surface area (TPSA) is 58.1 Å². The number of aromatic nitrogens is 2. The number of hydrogen-bond acceptors (Lipinski definition) is 4. The molecule has 0 radical (unpaired) electrons. The van der Waals surface area contributed by atoms with E-state index in [1.807, 2.05) is 0 Å². The Morgan fingerprint density at radius 3 is 2.81 bits per heavy atom. The van der Waals surface area contributed by atoms with E-state index in [-0.39, 0.29) is 5.91 Å². The number of nitrogens with one attached hydrogen (secondary N) is 1. The van der Waals surface area contributed by atoms with Gasteiger partial charge in [0.1, 0.15) is 0 Å². The van der Waals surface area contributed by atoms with Crippen LogP contribution < -0.4 is 5.32 Å². The van der Waals surface area contributed by atoms with Gasteiger partial charge in [0.05, 0.1) is 0 Å². The van der Waals surface area contributed by atoms with Crippen LogP contribution in [0, 0.1) is 5.92 Å². The standard InChI is InChI=1S/C10H13ClN4O/c1-15(6-7-4-12-5-7)10(16)8-2-3-9(11)14-13-8/h2-3,7,12H,4-6H2,1H3. The molecule has 0 bridgehead atoms. The third-order valence-electron chi connectivity index (χ3n) is 2.60. The van der Waals surface area contributed by atoms with Crippen LogP contribution in [0.4, 0.5) is 0 Å². The summed E-state index contributed by atoms with van der Waals surface area (Å²) in [6.07, 6.45) is 0. The number of nitrogens with zero attached hydrogens (tertiary/aromatic N) is 3. The van der Waals surface area contributed by atoms with Crippen LogP contribution in [-0.4, -0.2) is 47.7 Å². The van der Waals surface area contributed by atoms with Crippen molar-refractivity contribution < 1.29 is 4.79 Å². The first-order chi connectivity index (χ1) is 7.66. The van der Waals surface area contributed by atoms with Crippen LogP contribution in [-0.2, 0) is 0 Å². The van der Waals surface area contributed by atoms with E-state index in [1.165, 1.54) is 0 Å². The summed E-state index contributed by atoms with van der Waals surface area (Å²) >= 11 is 5.61. The number of halogens is 1. The Balaban J connectivity index is 1.97. The molecule has 0 unspecified atom stereocenters. The van der Waals surface area contributed by atoms with E-state index in [0.29, 0.717) is 16.8 Å². The van der Waals surface area contributed by atoms with E-state index in [4.69, 9.17) is 11.6 Å². The van der Waals surface area contributed by atoms with E-state index in [2.05, 4.69) is 15.5 Å². The summed E-state index contributed by atoms with van der Waals surface area (Å²) in [6, 6.07) is 3.16. The largest absolute Gasteiger partial charge is 0.340 e. The zero-order chi connectivity index (χ0) is 11.5. The Bertz CT molecular complexity index is 377. The number of carbonyl (C=O) groups is 1. The van der Waals surface area contributed by atoms with Crippen molar-refractivity contribution in [1.82, 2.24) is 20.4 Å². The van der Waals surface area contributed by atoms with Crippen LogP contribution >= 0.6 is 11.6 Å². The summed E-state index contributed by atoms with van der Waals surface area (Å²) in [4.78, 5) is 13.6. The molecule has 0 atom stereocenters. The number of carbonyl (C=O) groups excluding carboxylic acids is 1. The predicted octanol–water partition coefficient (Wildman–Crippen LogP) is 0.421. The summed E-state index contributed by atoms with van der Waals surface area (Å²) in [5.74, 6) is 0.435. The van der Waals surface area contributed by atoms with Crippen LogP contribution in [0.1, 0.15) is 10.5 Å². The Morgan fingerprint density at radius 1 is 1.56 bits per heavy atom. The molecule has 1 fully saturated rings. The zero-order valence-electron chi connectivity index (χ0n) is 8.98. The van der Waals surface area contributed by atoms with Gasteiger partial charge in [-0.1, -0.05) is 11.6 Å². The minimum atomic E-state index is -0.115. The highest BCUT2D eigenvalue weighted by atomic mass is 35.5. The Kier molecular flexibility index (Phi) is 3.36. The first-order valence-corrected chi connectivity index (χ1v) is 5.50. The summed E-state index contributed by atoms with van der Waals surface area (Å²) in [5.41, 5.74) is 0.333. The molecule has 1 N–H and O–H groups in total. The van der Waals surface area contributed by atoms with Gasteiger partial charge in [0.15, 0.2) is 10.8 Å². The smallest absolute Gasteiger partial charge is 0.274 e. The summed E-state index contributed by atoms with van der Waals surface area (Å²) in [6.45, 7) is 2.70. The molecule has 86 valence electrons. The quantitative estimate of drug-likeness (QED) is 0.832. The summed E-state index contributed by atoms with van der Waals surface area (Å²) < 4.78 is 0. The molecule has 1 aromatic heterocycles. The molecular weight excluding hydrogens is 228 g/mol. The van der Waals surface area contributed by atoms with E-state index < -0.39 is 0 Å². The van der Waals surface area contributed by atoms with Crippen LogP contribution in [0.2, 0.25) is 5.15 Å². The highest BCUT2D eigenvalue weighted by Gasteiger charge is 2.22. The molecule has 5 nitrogen and oxygen atoms in total. The SMILES string of the molecule is CN(CC1CNC1)C(=O)c1ccc(Cl)nn1. The number of rotatable bonds is 3. The van der Waals surface area contributed by atoms with E-state index >= 15 is 0 Å². The Morgan fingerprint density at radius 2 is 2.31 bits per heavy atom. The van der Waals surface area contributed by atoms with Crippen LogP contribution in [0.15, 0.2) is 12.1 Å². The molecule has 6 heteroatoms. The molecule has 1 saturated heterocycles. The monoisotopic (exact) mass is 240 g/mol. The van der Waals surface area contributed by atoms with Gasteiger partial charge in [-0.25, -0.2) is 0 Å². The lowest BCUT2D eigenvalue weighted by atomic mass is 10.0. The molecule has 1 amide bonds. The van der Waals surface area contributed by atoms with E-state index in [1.54, 1.807) is 24.1 Å². The first-order valence-electron chi connectivity index (χ1n) is 5.12. The fourth-order valence-corrected chi connectivity index (χ4v) is 1.67. The van der Waals surface area contributed by atoms with Crippen molar-refractivity contribution in [3.05, 3.63) is 23.0 Å². The lowest BCUT2D eigenvalue weighted by molar-refractivity contribution is 0.0749. The van der Waals surface area contributed by atoms with Gasteiger partial charge in [0, 0.05) is 32.6 Å². The molecule has 0 saturated carbocycles. The molecule has 2 heterocycles. The molecule has 1 aliphatic heterocycles. The van der Waals surface area contributed by atoms with Crippen molar-refractivity contribution in [2.45, 2.75) is 0 Å². The minimum absolute atomic E-state index is 0.115. The lowest BCUT2D eigenvalue weighted by Gasteiger charge is -2.31. The first kappa shape index (κ1) is 11.3. The van der Waals surface area contributed by atoms with Gasteiger partial charge < -0.3 is 10.2 Å². The highest BCUT2D eigenvalue weighted by Crippen LogP contribution is 2.08. The van der Waals surface area contributed by atoms with Crippen molar-refractivity contribution in [3.63, 3.8) is 0 Å². The highest BCUT2D eigenvalue weighted by molar-refractivity contribution is 6.29. The normalized spacial score (nSPS) is 15.6. The van der Waals surface area contributed by atoms with Gasteiger partial charge in [-0.2, -0.15) is 0 Å². The van der Waals surface area contributed by atoms with Crippen LogP contribution in [0.25, 0.3) is 0 Å². The summed E-state index contributed by atoms with van der Waals surface area (Å²) in [5, 5.41) is 10.9. The third kappa shape index (κ3) is 2.48. The fraction of sp³-hybridized carbons (Fsp3) is 0.500. The van der Waals surface area contributed by atoms with Crippen molar-refractivity contribution >= 4 is 17.5 Å². The third-order valence-corrected chi connectivity index (χ3v) is 2.80. The summed E-state index contributed by atoms with van der Waals surface area (Å²) in [7, 11) is 1.77. The van der Waals surface area contributed by atoms with Crippen molar-refractivity contribution in [2.75, 3.05) is 26.7 Å². The molecule has 0 aromatic carbocycles. The maximum absolute atomic E-state index is 11.9. The van der Waals surface area contributed by atoms with Gasteiger partial charge in [-0.05, 0) is 12.1 Å². The Hall–Kier alpha value is -1.20. The lowest BCUT2D eigenvalue weighted by Crippen LogP contribution is -2.48. The fourth-order valence-electron chi connectivity index (χ4n) is 1.57. The second-order valence-corrected chi connectivity index (χ2v) is 4.34. The van der Waals surface area contributed by atoms with Gasteiger partial charge in [0.2, 0.25) is 0 Å². The maximum atomic E-state index is 11.9. The van der Waals surface area contributed by atoms with Gasteiger partial charge in [0.25, 0.3) is 5.91 Å². The molecule has 2 rings (SSSR count). The van der Waals surface area contributed by atoms with Gasteiger partial charge in [-0.15, -0.1) is 10.2 Å². The molecular formula is C10H13ClN4O. The van der Waals surface area contributed by atoms with Gasteiger partial charge >= 0.3 is 0 Å². The minimum Gasteiger partial charge on any atom is -0.340 e. The van der Waals surface area contributed by atoms with Gasteiger partial charge in [-0.3, -0.25) is 4.79 Å². The Labute approximate surface area is 98.8 Å². The average Bonchev–Trinajstić information content (AvgIpc) is 2.23. The molecule has 0 aliphatic carbocycles. The second kappa shape index (κ2) is 4.76. The van der Waals surface area contributed by atoms with Crippen LogP contribution in [0.3, 0.4) is 0 Å². The number of amides is 1. The van der Waals surface area contributed by atoms with Crippen molar-refractivity contribution in [3.8, 4) is 0 Å². The molecule has 1 aliphatic rings. The van der Waals surface area contributed by atoms with Crippen molar-refractivity contribution in [2.24, 2.45) is 5.92 Å². The molecule has 16 heavy (non-hydrogen) atoms. The van der Waals surface area contributed by atoms with Crippen molar-refractivity contribution in [1.29, 1.82) is 0 Å². The molecule has 0 spiro atoms. The maximum Gasteiger partial charge on any atom is 0.274 e. The van der Waals surface area contributed by atoms with E-state index in [0.717, 1.165) is 19.6 Å². The second-order valence-electron chi connectivity index (χ2n) is 3.95.